The summed E-state index contributed by atoms with van der Waals surface area (Å²) in [6.07, 6.45) is 4.54. The number of rotatable bonds is 3. The number of nitrogens with one attached hydrogen (secondary N) is 2. The molecule has 0 atom stereocenters. The van der Waals surface area contributed by atoms with Crippen LogP contribution in [0.2, 0.25) is 0 Å². The van der Waals surface area contributed by atoms with Gasteiger partial charge in [-0.2, -0.15) is 4.39 Å². The van der Waals surface area contributed by atoms with Gasteiger partial charge < -0.3 is 10.3 Å². The van der Waals surface area contributed by atoms with E-state index in [0.29, 0.717) is 12.4 Å². The Morgan fingerprint density at radius 3 is 3.00 bits per heavy atom. The maximum absolute atomic E-state index is 12.6. The molecule has 5 nitrogen and oxygen atoms in total. The Kier molecular flexibility index (Phi) is 2.35. The molecular formula is C8H8FN5. The number of anilines is 1. The molecule has 0 aromatic carbocycles. The van der Waals surface area contributed by atoms with Crippen LogP contribution in [-0.2, 0) is 6.54 Å². The van der Waals surface area contributed by atoms with E-state index >= 15 is 0 Å². The van der Waals surface area contributed by atoms with Crippen LogP contribution in [0.3, 0.4) is 0 Å². The Morgan fingerprint density at radius 2 is 2.29 bits per heavy atom. The predicted octanol–water partition coefficient (Wildman–Crippen LogP) is 0.951. The summed E-state index contributed by atoms with van der Waals surface area (Å²) in [4.78, 5) is 14.1. The molecule has 0 bridgehead atoms. The van der Waals surface area contributed by atoms with E-state index < -0.39 is 5.95 Å². The van der Waals surface area contributed by atoms with Gasteiger partial charge in [-0.3, -0.25) is 0 Å². The molecule has 0 saturated carbocycles. The fourth-order valence-electron chi connectivity index (χ4n) is 0.999. The molecule has 2 rings (SSSR count). The van der Waals surface area contributed by atoms with Crippen LogP contribution in [0.15, 0.2) is 24.8 Å². The molecule has 0 spiro atoms. The van der Waals surface area contributed by atoms with Crippen LogP contribution in [0.5, 0.6) is 0 Å². The first-order valence-corrected chi connectivity index (χ1v) is 4.04. The SMILES string of the molecule is Fc1cc(NCc2ncc[nH]2)ncn1. The number of aromatic nitrogens is 4. The number of imidazole rings is 1. The molecule has 0 aliphatic rings. The van der Waals surface area contributed by atoms with Gasteiger partial charge in [0, 0.05) is 18.5 Å². The lowest BCUT2D eigenvalue weighted by atomic mass is 10.5. The van der Waals surface area contributed by atoms with Gasteiger partial charge in [-0.1, -0.05) is 0 Å². The van der Waals surface area contributed by atoms with Crippen molar-refractivity contribution in [2.75, 3.05) is 5.32 Å². The number of halogens is 1. The van der Waals surface area contributed by atoms with Crippen molar-refractivity contribution in [1.82, 2.24) is 19.9 Å². The van der Waals surface area contributed by atoms with Crippen LogP contribution in [0.25, 0.3) is 0 Å². The van der Waals surface area contributed by atoms with E-state index in [-0.39, 0.29) is 0 Å². The minimum atomic E-state index is -0.554. The zero-order valence-corrected chi connectivity index (χ0v) is 7.24. The summed E-state index contributed by atoms with van der Waals surface area (Å²) in [6, 6.07) is 1.23. The monoisotopic (exact) mass is 193 g/mol. The first kappa shape index (κ1) is 8.61. The molecule has 0 amide bonds. The van der Waals surface area contributed by atoms with E-state index in [1.54, 1.807) is 12.4 Å². The van der Waals surface area contributed by atoms with Crippen molar-refractivity contribution in [3.8, 4) is 0 Å². The number of H-pyrrole nitrogens is 1. The third-order valence-corrected chi connectivity index (χ3v) is 1.63. The Hall–Kier alpha value is -1.98. The van der Waals surface area contributed by atoms with Gasteiger partial charge in [0.25, 0.3) is 0 Å². The molecule has 0 aliphatic carbocycles. The maximum Gasteiger partial charge on any atom is 0.217 e. The lowest BCUT2D eigenvalue weighted by molar-refractivity contribution is 0.580. The van der Waals surface area contributed by atoms with Gasteiger partial charge in [-0.05, 0) is 0 Å². The van der Waals surface area contributed by atoms with E-state index in [4.69, 9.17) is 0 Å². The first-order chi connectivity index (χ1) is 6.84. The van der Waals surface area contributed by atoms with Crippen molar-refractivity contribution < 1.29 is 4.39 Å². The van der Waals surface area contributed by atoms with Crippen molar-refractivity contribution in [3.05, 3.63) is 36.6 Å². The second kappa shape index (κ2) is 3.82. The third-order valence-electron chi connectivity index (χ3n) is 1.63. The van der Waals surface area contributed by atoms with Crippen LogP contribution in [0.1, 0.15) is 5.82 Å². The summed E-state index contributed by atoms with van der Waals surface area (Å²) in [7, 11) is 0. The lowest BCUT2D eigenvalue weighted by Gasteiger charge is -2.01. The van der Waals surface area contributed by atoms with E-state index in [9.17, 15) is 4.39 Å². The molecule has 14 heavy (non-hydrogen) atoms. The van der Waals surface area contributed by atoms with E-state index in [0.717, 1.165) is 5.82 Å². The zero-order valence-electron chi connectivity index (χ0n) is 7.24. The minimum absolute atomic E-state index is 0.439. The molecule has 2 N–H and O–H groups in total. The molecule has 2 aromatic rings. The molecule has 0 saturated heterocycles. The van der Waals surface area contributed by atoms with Crippen LogP contribution < -0.4 is 5.32 Å². The van der Waals surface area contributed by atoms with Crippen LogP contribution in [-0.4, -0.2) is 19.9 Å². The summed E-state index contributed by atoms with van der Waals surface area (Å²) < 4.78 is 12.6. The molecule has 72 valence electrons. The number of hydrogen-bond acceptors (Lipinski definition) is 4. The second-order valence-electron chi connectivity index (χ2n) is 2.62. The average Bonchev–Trinajstić information content (AvgIpc) is 2.67. The minimum Gasteiger partial charge on any atom is -0.363 e. The fourth-order valence-corrected chi connectivity index (χ4v) is 0.999. The van der Waals surface area contributed by atoms with Gasteiger partial charge in [0.2, 0.25) is 5.95 Å². The third kappa shape index (κ3) is 2.03. The number of aromatic amines is 1. The molecule has 6 heteroatoms. The molecule has 2 aromatic heterocycles. The van der Waals surface area contributed by atoms with E-state index in [1.807, 2.05) is 0 Å². The zero-order chi connectivity index (χ0) is 9.80. The average molecular weight is 193 g/mol. The van der Waals surface area contributed by atoms with Gasteiger partial charge in [0.15, 0.2) is 0 Å². The highest BCUT2D eigenvalue weighted by atomic mass is 19.1. The second-order valence-corrected chi connectivity index (χ2v) is 2.62. The van der Waals surface area contributed by atoms with Crippen molar-refractivity contribution >= 4 is 5.82 Å². The molecular weight excluding hydrogens is 185 g/mol. The van der Waals surface area contributed by atoms with Crippen LogP contribution in [0, 0.1) is 5.95 Å². The largest absolute Gasteiger partial charge is 0.363 e. The first-order valence-electron chi connectivity index (χ1n) is 4.04. The maximum atomic E-state index is 12.6. The molecule has 0 fully saturated rings. The highest BCUT2D eigenvalue weighted by Crippen LogP contribution is 2.03. The Morgan fingerprint density at radius 1 is 1.36 bits per heavy atom. The van der Waals surface area contributed by atoms with E-state index in [2.05, 4.69) is 25.3 Å². The molecule has 2 heterocycles. The lowest BCUT2D eigenvalue weighted by Crippen LogP contribution is -2.03. The number of nitrogens with zero attached hydrogens (tertiary/aromatic N) is 3. The summed E-state index contributed by atoms with van der Waals surface area (Å²) in [5, 5.41) is 2.90. The fraction of sp³-hybridized carbons (Fsp3) is 0.125. The summed E-state index contributed by atoms with van der Waals surface area (Å²) >= 11 is 0. The standard InChI is InChI=1S/C8H8FN5/c9-6-3-7(14-5-13-6)12-4-8-10-1-2-11-8/h1-3,5H,4H2,(H,10,11)(H,12,13,14). The summed E-state index contributed by atoms with van der Waals surface area (Å²) in [6.45, 7) is 0.476. The highest BCUT2D eigenvalue weighted by Gasteiger charge is 1.98. The van der Waals surface area contributed by atoms with Crippen molar-refractivity contribution in [1.29, 1.82) is 0 Å². The topological polar surface area (TPSA) is 66.5 Å². The molecule has 0 radical (unpaired) electrons. The summed E-state index contributed by atoms with van der Waals surface area (Å²) in [5.41, 5.74) is 0. The van der Waals surface area contributed by atoms with E-state index in [1.165, 1.54) is 12.4 Å². The van der Waals surface area contributed by atoms with Gasteiger partial charge in [0.05, 0.1) is 6.54 Å². The van der Waals surface area contributed by atoms with Gasteiger partial charge in [-0.25, -0.2) is 15.0 Å². The highest BCUT2D eigenvalue weighted by molar-refractivity contribution is 5.32. The van der Waals surface area contributed by atoms with Crippen molar-refractivity contribution in [3.63, 3.8) is 0 Å². The van der Waals surface area contributed by atoms with Crippen molar-refractivity contribution in [2.45, 2.75) is 6.54 Å². The smallest absolute Gasteiger partial charge is 0.217 e. The van der Waals surface area contributed by atoms with Gasteiger partial charge in [0.1, 0.15) is 18.0 Å². The summed E-state index contributed by atoms with van der Waals surface area (Å²) in [5.74, 6) is 0.653. The Labute approximate surface area is 79.4 Å². The normalized spacial score (nSPS) is 10.1. The van der Waals surface area contributed by atoms with Gasteiger partial charge >= 0.3 is 0 Å². The Balaban J connectivity index is 1.98. The van der Waals surface area contributed by atoms with Crippen molar-refractivity contribution in [2.24, 2.45) is 0 Å². The molecule has 0 aliphatic heterocycles. The van der Waals surface area contributed by atoms with Gasteiger partial charge in [-0.15, -0.1) is 0 Å². The number of hydrogen-bond donors (Lipinski definition) is 2. The van der Waals surface area contributed by atoms with Crippen LogP contribution in [0.4, 0.5) is 10.2 Å². The quantitative estimate of drug-likeness (QED) is 0.712. The Bertz CT molecular complexity index is 400. The predicted molar refractivity (Wildman–Crippen MR) is 47.9 cm³/mol. The molecule has 0 unspecified atom stereocenters. The van der Waals surface area contributed by atoms with Crippen LogP contribution >= 0.6 is 0 Å².